The molecule has 0 spiro atoms. The predicted octanol–water partition coefficient (Wildman–Crippen LogP) is -0.125. The average Bonchev–Trinajstić information content (AvgIpc) is 2.96. The van der Waals surface area contributed by atoms with Gasteiger partial charge in [-0.25, -0.2) is 0 Å². The molecule has 14 heavy (non-hydrogen) atoms. The van der Waals surface area contributed by atoms with Crippen LogP contribution in [0.3, 0.4) is 0 Å². The van der Waals surface area contributed by atoms with Gasteiger partial charge in [0.05, 0.1) is 6.61 Å². The molecular weight excluding hydrogens is 180 g/mol. The Kier molecular flexibility index (Phi) is 4.35. The van der Waals surface area contributed by atoms with E-state index in [-0.39, 0.29) is 17.9 Å². The minimum absolute atomic E-state index is 0.0265. The van der Waals surface area contributed by atoms with Crippen molar-refractivity contribution in [2.45, 2.75) is 25.7 Å². The van der Waals surface area contributed by atoms with Crippen molar-refractivity contribution in [3.8, 4) is 0 Å². The molecule has 0 saturated heterocycles. The summed E-state index contributed by atoms with van der Waals surface area (Å²) in [6, 6.07) is 0. The Morgan fingerprint density at radius 3 is 2.71 bits per heavy atom. The summed E-state index contributed by atoms with van der Waals surface area (Å²) in [6.07, 6.45) is 3.53. The molecule has 1 rings (SSSR count). The van der Waals surface area contributed by atoms with E-state index in [1.54, 1.807) is 0 Å². The fraction of sp³-hybridized carbons (Fsp3) is 0.900. The zero-order valence-electron chi connectivity index (χ0n) is 8.81. The summed E-state index contributed by atoms with van der Waals surface area (Å²) < 4.78 is 0. The Balaban J connectivity index is 2.03. The minimum Gasteiger partial charge on any atom is -0.396 e. The number of hydrogen-bond donors (Lipinski definition) is 3. The first-order chi connectivity index (χ1) is 6.72. The largest absolute Gasteiger partial charge is 0.396 e. The number of aliphatic hydroxyl groups is 1. The molecule has 1 aliphatic rings. The van der Waals surface area contributed by atoms with Crippen molar-refractivity contribution >= 4 is 5.91 Å². The van der Waals surface area contributed by atoms with Crippen LogP contribution >= 0.6 is 0 Å². The summed E-state index contributed by atoms with van der Waals surface area (Å²) >= 11 is 0. The number of nitrogens with one attached hydrogen (secondary N) is 2. The van der Waals surface area contributed by atoms with Gasteiger partial charge < -0.3 is 15.7 Å². The van der Waals surface area contributed by atoms with Crippen LogP contribution in [0.15, 0.2) is 0 Å². The van der Waals surface area contributed by atoms with Crippen LogP contribution < -0.4 is 10.6 Å². The normalized spacial score (nSPS) is 17.9. The Bertz CT molecular complexity index is 191. The third-order valence-corrected chi connectivity index (χ3v) is 2.78. The average molecular weight is 200 g/mol. The van der Waals surface area contributed by atoms with Gasteiger partial charge in [-0.2, -0.15) is 0 Å². The van der Waals surface area contributed by atoms with E-state index in [1.807, 2.05) is 7.05 Å². The monoisotopic (exact) mass is 200 g/mol. The van der Waals surface area contributed by atoms with E-state index in [0.717, 1.165) is 25.8 Å². The SMILES string of the molecule is CNCCCC(=O)NCC1(CO)CC1. The number of amides is 1. The fourth-order valence-corrected chi connectivity index (χ4v) is 1.37. The summed E-state index contributed by atoms with van der Waals surface area (Å²) in [7, 11) is 1.88. The van der Waals surface area contributed by atoms with Crippen molar-refractivity contribution in [3.63, 3.8) is 0 Å². The maximum atomic E-state index is 11.3. The molecule has 4 heteroatoms. The van der Waals surface area contributed by atoms with E-state index >= 15 is 0 Å². The number of carbonyl (C=O) groups is 1. The Morgan fingerprint density at radius 1 is 1.50 bits per heavy atom. The smallest absolute Gasteiger partial charge is 0.220 e. The Labute approximate surface area is 85.1 Å². The summed E-state index contributed by atoms with van der Waals surface area (Å²) in [5.41, 5.74) is 0.0265. The Hall–Kier alpha value is -0.610. The van der Waals surface area contributed by atoms with Crippen LogP contribution in [0, 0.1) is 5.41 Å². The number of aliphatic hydroxyl groups excluding tert-OH is 1. The van der Waals surface area contributed by atoms with Gasteiger partial charge in [-0.1, -0.05) is 0 Å². The lowest BCUT2D eigenvalue weighted by Gasteiger charge is -2.12. The molecule has 1 amide bonds. The van der Waals surface area contributed by atoms with Crippen molar-refractivity contribution in [3.05, 3.63) is 0 Å². The first-order valence-electron chi connectivity index (χ1n) is 5.25. The molecule has 0 aliphatic heterocycles. The maximum Gasteiger partial charge on any atom is 0.220 e. The first-order valence-corrected chi connectivity index (χ1v) is 5.25. The molecule has 0 heterocycles. The number of rotatable bonds is 7. The third-order valence-electron chi connectivity index (χ3n) is 2.78. The van der Waals surface area contributed by atoms with Crippen LogP contribution in [0.5, 0.6) is 0 Å². The van der Waals surface area contributed by atoms with Crippen LogP contribution in [0.25, 0.3) is 0 Å². The van der Waals surface area contributed by atoms with Gasteiger partial charge in [0.2, 0.25) is 5.91 Å². The van der Waals surface area contributed by atoms with E-state index < -0.39 is 0 Å². The molecule has 0 aromatic rings. The van der Waals surface area contributed by atoms with Gasteiger partial charge >= 0.3 is 0 Å². The van der Waals surface area contributed by atoms with Crippen LogP contribution in [0.1, 0.15) is 25.7 Å². The van der Waals surface area contributed by atoms with Crippen LogP contribution in [0.4, 0.5) is 0 Å². The predicted molar refractivity (Wildman–Crippen MR) is 54.9 cm³/mol. The highest BCUT2D eigenvalue weighted by Crippen LogP contribution is 2.44. The zero-order valence-corrected chi connectivity index (χ0v) is 8.81. The molecule has 1 saturated carbocycles. The fourth-order valence-electron chi connectivity index (χ4n) is 1.37. The lowest BCUT2D eigenvalue weighted by molar-refractivity contribution is -0.121. The van der Waals surface area contributed by atoms with E-state index in [0.29, 0.717) is 13.0 Å². The van der Waals surface area contributed by atoms with Crippen molar-refractivity contribution in [2.24, 2.45) is 5.41 Å². The van der Waals surface area contributed by atoms with Crippen LogP contribution in [-0.4, -0.2) is 37.8 Å². The molecule has 0 aromatic heterocycles. The lowest BCUT2D eigenvalue weighted by Crippen LogP contribution is -2.32. The van der Waals surface area contributed by atoms with Gasteiger partial charge in [0.15, 0.2) is 0 Å². The van der Waals surface area contributed by atoms with Gasteiger partial charge in [-0.05, 0) is 32.9 Å². The molecule has 0 atom stereocenters. The third kappa shape index (κ3) is 3.64. The molecule has 1 fully saturated rings. The molecule has 0 bridgehead atoms. The van der Waals surface area contributed by atoms with E-state index in [4.69, 9.17) is 5.11 Å². The second-order valence-corrected chi connectivity index (χ2v) is 4.14. The van der Waals surface area contributed by atoms with Crippen molar-refractivity contribution in [2.75, 3.05) is 26.7 Å². The molecule has 4 nitrogen and oxygen atoms in total. The first kappa shape index (κ1) is 11.5. The van der Waals surface area contributed by atoms with Gasteiger partial charge in [-0.3, -0.25) is 4.79 Å². The van der Waals surface area contributed by atoms with Crippen molar-refractivity contribution in [1.82, 2.24) is 10.6 Å². The van der Waals surface area contributed by atoms with E-state index in [9.17, 15) is 4.79 Å². The van der Waals surface area contributed by atoms with Gasteiger partial charge in [-0.15, -0.1) is 0 Å². The molecule has 0 aromatic carbocycles. The second-order valence-electron chi connectivity index (χ2n) is 4.14. The van der Waals surface area contributed by atoms with Crippen molar-refractivity contribution < 1.29 is 9.90 Å². The standard InChI is InChI=1S/C10H20N2O2/c1-11-6-2-3-9(14)12-7-10(8-13)4-5-10/h11,13H,2-8H2,1H3,(H,12,14). The topological polar surface area (TPSA) is 61.4 Å². The summed E-state index contributed by atoms with van der Waals surface area (Å²) in [6.45, 7) is 1.71. The summed E-state index contributed by atoms with van der Waals surface area (Å²) in [5, 5.41) is 14.9. The lowest BCUT2D eigenvalue weighted by atomic mass is 10.1. The van der Waals surface area contributed by atoms with Crippen LogP contribution in [0.2, 0.25) is 0 Å². The quantitative estimate of drug-likeness (QED) is 0.502. The molecule has 82 valence electrons. The van der Waals surface area contributed by atoms with Crippen LogP contribution in [-0.2, 0) is 4.79 Å². The number of hydrogen-bond acceptors (Lipinski definition) is 3. The molecule has 0 radical (unpaired) electrons. The number of carbonyl (C=O) groups excluding carboxylic acids is 1. The van der Waals surface area contributed by atoms with E-state index in [2.05, 4.69) is 10.6 Å². The van der Waals surface area contributed by atoms with Gasteiger partial charge in [0.25, 0.3) is 0 Å². The summed E-state index contributed by atoms with van der Waals surface area (Å²) in [5.74, 6) is 0.0972. The second kappa shape index (κ2) is 5.32. The van der Waals surface area contributed by atoms with E-state index in [1.165, 1.54) is 0 Å². The van der Waals surface area contributed by atoms with Crippen molar-refractivity contribution in [1.29, 1.82) is 0 Å². The molecule has 1 aliphatic carbocycles. The van der Waals surface area contributed by atoms with Gasteiger partial charge in [0.1, 0.15) is 0 Å². The highest BCUT2D eigenvalue weighted by atomic mass is 16.3. The van der Waals surface area contributed by atoms with Gasteiger partial charge in [0, 0.05) is 18.4 Å². The highest BCUT2D eigenvalue weighted by Gasteiger charge is 2.41. The highest BCUT2D eigenvalue weighted by molar-refractivity contribution is 5.75. The minimum atomic E-state index is 0.0265. The maximum absolute atomic E-state index is 11.3. The Morgan fingerprint density at radius 2 is 2.21 bits per heavy atom. The summed E-state index contributed by atoms with van der Waals surface area (Å²) in [4.78, 5) is 11.3. The molecule has 3 N–H and O–H groups in total. The zero-order chi connectivity index (χ0) is 10.4. The molecule has 0 unspecified atom stereocenters. The molecular formula is C10H20N2O2.